The van der Waals surface area contributed by atoms with Gasteiger partial charge in [0.1, 0.15) is 5.92 Å². The summed E-state index contributed by atoms with van der Waals surface area (Å²) >= 11 is 0. The molecule has 0 aromatic rings. The molecule has 0 saturated heterocycles. The van der Waals surface area contributed by atoms with Crippen LogP contribution >= 0.6 is 0 Å². The van der Waals surface area contributed by atoms with Gasteiger partial charge in [0.05, 0.1) is 12.2 Å². The highest BCUT2D eigenvalue weighted by atomic mass is 14.0. The van der Waals surface area contributed by atoms with Crippen LogP contribution in [0.3, 0.4) is 0 Å². The first-order chi connectivity index (χ1) is 3.93. The van der Waals surface area contributed by atoms with Crippen molar-refractivity contribution in [2.45, 2.75) is 19.8 Å². The SMILES string of the molecule is CCC1[C+]=CC=CC1. The Labute approximate surface area is 50.9 Å². The summed E-state index contributed by atoms with van der Waals surface area (Å²) in [4.78, 5) is 0. The predicted octanol–water partition coefficient (Wildman–Crippen LogP) is 2.33. The summed E-state index contributed by atoms with van der Waals surface area (Å²) < 4.78 is 0. The second-order valence-corrected chi connectivity index (χ2v) is 2.10. The van der Waals surface area contributed by atoms with E-state index in [1.807, 2.05) is 6.08 Å². The van der Waals surface area contributed by atoms with E-state index in [4.69, 9.17) is 0 Å². The fourth-order valence-electron chi connectivity index (χ4n) is 0.855. The van der Waals surface area contributed by atoms with Gasteiger partial charge in [0, 0.05) is 12.5 Å². The average Bonchev–Trinajstić information content (AvgIpc) is 1.90. The summed E-state index contributed by atoms with van der Waals surface area (Å²) in [7, 11) is 0. The molecule has 0 aromatic carbocycles. The topological polar surface area (TPSA) is 0 Å². The summed E-state index contributed by atoms with van der Waals surface area (Å²) in [6.45, 7) is 2.20. The van der Waals surface area contributed by atoms with Crippen LogP contribution in [0.15, 0.2) is 18.2 Å². The Hall–Kier alpha value is -0.610. The second kappa shape index (κ2) is 2.64. The molecule has 8 heavy (non-hydrogen) atoms. The van der Waals surface area contributed by atoms with Crippen LogP contribution in [0.25, 0.3) is 0 Å². The van der Waals surface area contributed by atoms with E-state index >= 15 is 0 Å². The zero-order valence-electron chi connectivity index (χ0n) is 5.22. The molecule has 0 heterocycles. The van der Waals surface area contributed by atoms with Crippen molar-refractivity contribution >= 4 is 0 Å². The Kier molecular flexibility index (Phi) is 1.82. The minimum Gasteiger partial charge on any atom is -0.0624 e. The first kappa shape index (κ1) is 5.53. The molecule has 1 atom stereocenters. The molecule has 0 aromatic heterocycles. The molecule has 0 fully saturated rings. The van der Waals surface area contributed by atoms with Crippen molar-refractivity contribution in [3.8, 4) is 0 Å². The van der Waals surface area contributed by atoms with Crippen LogP contribution in [0.2, 0.25) is 0 Å². The van der Waals surface area contributed by atoms with E-state index in [1.165, 1.54) is 12.8 Å². The van der Waals surface area contributed by atoms with E-state index in [0.717, 1.165) is 0 Å². The monoisotopic (exact) mass is 107 g/mol. The molecule has 42 valence electrons. The van der Waals surface area contributed by atoms with Gasteiger partial charge in [-0.25, -0.2) is 0 Å². The van der Waals surface area contributed by atoms with Crippen LogP contribution < -0.4 is 0 Å². The number of rotatable bonds is 1. The first-order valence-corrected chi connectivity index (χ1v) is 3.18. The third-order valence-corrected chi connectivity index (χ3v) is 1.48. The lowest BCUT2D eigenvalue weighted by Gasteiger charge is -1.97. The average molecular weight is 107 g/mol. The summed E-state index contributed by atoms with van der Waals surface area (Å²) in [6.07, 6.45) is 11.9. The molecule has 0 N–H and O–H groups in total. The first-order valence-electron chi connectivity index (χ1n) is 3.18. The van der Waals surface area contributed by atoms with Gasteiger partial charge >= 0.3 is 0 Å². The fourth-order valence-corrected chi connectivity index (χ4v) is 0.855. The molecule has 1 aliphatic rings. The van der Waals surface area contributed by atoms with E-state index < -0.39 is 0 Å². The third kappa shape index (κ3) is 1.18. The van der Waals surface area contributed by atoms with Crippen LogP contribution in [0.4, 0.5) is 0 Å². The van der Waals surface area contributed by atoms with E-state index in [9.17, 15) is 0 Å². The highest BCUT2D eigenvalue weighted by Crippen LogP contribution is 2.12. The Morgan fingerprint density at radius 2 is 2.62 bits per heavy atom. The molecule has 0 nitrogen and oxygen atoms in total. The van der Waals surface area contributed by atoms with Crippen LogP contribution in [0.5, 0.6) is 0 Å². The van der Waals surface area contributed by atoms with Crippen LogP contribution in [0, 0.1) is 12.0 Å². The van der Waals surface area contributed by atoms with Gasteiger partial charge in [0.15, 0.2) is 6.08 Å². The van der Waals surface area contributed by atoms with Crippen molar-refractivity contribution in [2.24, 2.45) is 5.92 Å². The molecule has 0 aliphatic heterocycles. The van der Waals surface area contributed by atoms with Crippen molar-refractivity contribution in [3.05, 3.63) is 24.3 Å². The number of allylic oxidation sites excluding steroid dienone is 4. The number of hydrogen-bond donors (Lipinski definition) is 0. The predicted molar refractivity (Wildman–Crippen MR) is 35.4 cm³/mol. The Morgan fingerprint density at radius 1 is 1.75 bits per heavy atom. The molecular weight excluding hydrogens is 96.1 g/mol. The van der Waals surface area contributed by atoms with Crippen LogP contribution in [0.1, 0.15) is 19.8 Å². The smallest absolute Gasteiger partial charge is 0.0624 e. The molecule has 1 unspecified atom stereocenters. The van der Waals surface area contributed by atoms with Crippen molar-refractivity contribution in [1.82, 2.24) is 0 Å². The van der Waals surface area contributed by atoms with Gasteiger partial charge in [-0.2, -0.15) is 0 Å². The summed E-state index contributed by atoms with van der Waals surface area (Å²) in [5.41, 5.74) is 0. The maximum atomic E-state index is 3.26. The Balaban J connectivity index is 2.40. The largest absolute Gasteiger partial charge is 0.154 e. The second-order valence-electron chi connectivity index (χ2n) is 2.10. The Morgan fingerprint density at radius 3 is 3.00 bits per heavy atom. The van der Waals surface area contributed by atoms with Crippen molar-refractivity contribution < 1.29 is 0 Å². The highest BCUT2D eigenvalue weighted by Gasteiger charge is 2.08. The highest BCUT2D eigenvalue weighted by molar-refractivity contribution is 5.06. The fraction of sp³-hybridized carbons (Fsp3) is 0.500. The van der Waals surface area contributed by atoms with Crippen molar-refractivity contribution in [3.63, 3.8) is 0 Å². The standard InChI is InChI=1S/C8H11/c1-2-8-6-4-3-5-7-8/h3-5,8H,2,6H2,1H3/q+1. The summed E-state index contributed by atoms with van der Waals surface area (Å²) in [6, 6.07) is 0. The van der Waals surface area contributed by atoms with Crippen LogP contribution in [-0.2, 0) is 0 Å². The van der Waals surface area contributed by atoms with Crippen LogP contribution in [-0.4, -0.2) is 0 Å². The van der Waals surface area contributed by atoms with Gasteiger partial charge in [0.25, 0.3) is 0 Å². The third-order valence-electron chi connectivity index (χ3n) is 1.48. The molecule has 0 radical (unpaired) electrons. The molecule has 0 amide bonds. The van der Waals surface area contributed by atoms with E-state index in [-0.39, 0.29) is 0 Å². The summed E-state index contributed by atoms with van der Waals surface area (Å²) in [5.74, 6) is 0.694. The van der Waals surface area contributed by atoms with Gasteiger partial charge in [-0.1, -0.05) is 6.92 Å². The van der Waals surface area contributed by atoms with Crippen molar-refractivity contribution in [1.29, 1.82) is 0 Å². The lowest BCUT2D eigenvalue weighted by Crippen LogP contribution is -1.94. The molecule has 1 rings (SSSR count). The number of hydrogen-bond acceptors (Lipinski definition) is 0. The van der Waals surface area contributed by atoms with Gasteiger partial charge < -0.3 is 0 Å². The molecule has 0 spiro atoms. The molecule has 0 bridgehead atoms. The molecular formula is C8H11+. The van der Waals surface area contributed by atoms with Gasteiger partial charge in [-0.3, -0.25) is 0 Å². The molecule has 0 heteroatoms. The lowest BCUT2D eigenvalue weighted by atomic mass is 9.99. The Bertz CT molecular complexity index is 109. The molecule has 0 saturated carbocycles. The van der Waals surface area contributed by atoms with Gasteiger partial charge in [-0.05, 0) is 6.42 Å². The minimum atomic E-state index is 0.694. The van der Waals surface area contributed by atoms with E-state index in [0.29, 0.717) is 5.92 Å². The quantitative estimate of drug-likeness (QED) is 0.451. The normalized spacial score (nSPS) is 25.4. The van der Waals surface area contributed by atoms with Gasteiger partial charge in [0.2, 0.25) is 0 Å². The van der Waals surface area contributed by atoms with Gasteiger partial charge in [-0.15, -0.1) is 0 Å². The van der Waals surface area contributed by atoms with E-state index in [2.05, 4.69) is 25.2 Å². The molecule has 1 aliphatic carbocycles. The van der Waals surface area contributed by atoms with E-state index in [1.54, 1.807) is 0 Å². The zero-order chi connectivity index (χ0) is 5.82. The van der Waals surface area contributed by atoms with Crippen molar-refractivity contribution in [2.75, 3.05) is 0 Å². The lowest BCUT2D eigenvalue weighted by molar-refractivity contribution is 0.615. The maximum absolute atomic E-state index is 3.26. The summed E-state index contributed by atoms with van der Waals surface area (Å²) in [5, 5.41) is 0. The maximum Gasteiger partial charge on any atom is 0.154 e. The zero-order valence-corrected chi connectivity index (χ0v) is 5.22. The minimum absolute atomic E-state index is 0.694.